The van der Waals surface area contributed by atoms with E-state index in [2.05, 4.69) is 34.9 Å². The van der Waals surface area contributed by atoms with Crippen LogP contribution < -0.4 is 10.6 Å². The second-order valence-corrected chi connectivity index (χ2v) is 10.4. The van der Waals surface area contributed by atoms with Crippen LogP contribution in [-0.4, -0.2) is 51.0 Å². The van der Waals surface area contributed by atoms with Crippen LogP contribution in [0.2, 0.25) is 0 Å². The van der Waals surface area contributed by atoms with Crippen LogP contribution in [0.4, 0.5) is 11.4 Å². The topological polar surface area (TPSA) is 87.7 Å². The molecule has 2 N–H and O–H groups in total. The Labute approximate surface area is 193 Å². The van der Waals surface area contributed by atoms with E-state index in [9.17, 15) is 13.2 Å². The number of benzene rings is 3. The zero-order valence-corrected chi connectivity index (χ0v) is 19.3. The Morgan fingerprint density at radius 2 is 1.73 bits per heavy atom. The number of aryl methyl sites for hydroxylation is 2. The maximum atomic E-state index is 12.9. The number of carbonyl (C=O) groups is 1. The van der Waals surface area contributed by atoms with Gasteiger partial charge in [0.1, 0.15) is 6.04 Å². The van der Waals surface area contributed by atoms with Crippen molar-refractivity contribution >= 4 is 38.1 Å². The number of nitrogens with one attached hydrogen (secondary N) is 2. The molecule has 0 saturated carbocycles. The van der Waals surface area contributed by atoms with Gasteiger partial charge in [0.05, 0.1) is 18.1 Å². The molecule has 3 aromatic carbocycles. The summed E-state index contributed by atoms with van der Waals surface area (Å²) in [7, 11) is -3.63. The van der Waals surface area contributed by atoms with Gasteiger partial charge in [-0.1, -0.05) is 30.3 Å². The summed E-state index contributed by atoms with van der Waals surface area (Å²) >= 11 is 0. The Morgan fingerprint density at radius 1 is 1.00 bits per heavy atom. The quantitative estimate of drug-likeness (QED) is 0.583. The van der Waals surface area contributed by atoms with Gasteiger partial charge < -0.3 is 15.4 Å². The SMILES string of the molecule is CC(Nc1ccc2c3c(cccc13)CC2)C(=O)Nc1cccc(S(=O)(=O)N2CCOCC2)c1. The number of carbonyl (C=O) groups excluding carboxylic acids is 1. The van der Waals surface area contributed by atoms with Crippen molar-refractivity contribution in [2.24, 2.45) is 0 Å². The molecule has 3 aromatic rings. The van der Waals surface area contributed by atoms with Gasteiger partial charge in [0, 0.05) is 29.9 Å². The summed E-state index contributed by atoms with van der Waals surface area (Å²) in [5.41, 5.74) is 4.07. The van der Waals surface area contributed by atoms with Crippen LogP contribution >= 0.6 is 0 Å². The monoisotopic (exact) mass is 465 g/mol. The molecule has 1 amide bonds. The van der Waals surface area contributed by atoms with E-state index in [0.29, 0.717) is 32.0 Å². The van der Waals surface area contributed by atoms with Gasteiger partial charge >= 0.3 is 0 Å². The van der Waals surface area contributed by atoms with Gasteiger partial charge in [0.25, 0.3) is 0 Å². The van der Waals surface area contributed by atoms with Crippen LogP contribution in [0, 0.1) is 0 Å². The Balaban J connectivity index is 1.31. The standard InChI is InChI=1S/C25H27N3O4S/c1-17(26-23-11-10-19-9-8-18-4-2-7-22(23)24(18)19)25(29)27-20-5-3-6-21(16-20)33(30,31)28-12-14-32-15-13-28/h2-7,10-11,16-17,26H,8-9,12-15H2,1H3,(H,27,29). The van der Waals surface area contributed by atoms with E-state index < -0.39 is 16.1 Å². The van der Waals surface area contributed by atoms with Crippen molar-refractivity contribution in [1.82, 2.24) is 4.31 Å². The van der Waals surface area contributed by atoms with Gasteiger partial charge in [-0.05, 0) is 60.5 Å². The lowest BCUT2D eigenvalue weighted by Crippen LogP contribution is -2.40. The van der Waals surface area contributed by atoms with Crippen LogP contribution in [0.3, 0.4) is 0 Å². The first-order chi connectivity index (χ1) is 15.9. The predicted molar refractivity (Wildman–Crippen MR) is 129 cm³/mol. The van der Waals surface area contributed by atoms with Crippen LogP contribution in [0.25, 0.3) is 10.8 Å². The number of anilines is 2. The molecular formula is C25H27N3O4S. The maximum absolute atomic E-state index is 12.9. The fourth-order valence-electron chi connectivity index (χ4n) is 4.59. The summed E-state index contributed by atoms with van der Waals surface area (Å²) in [6.07, 6.45) is 2.10. The number of nitrogens with zero attached hydrogens (tertiary/aromatic N) is 1. The van der Waals surface area contributed by atoms with Crippen molar-refractivity contribution < 1.29 is 17.9 Å². The van der Waals surface area contributed by atoms with Gasteiger partial charge in [-0.2, -0.15) is 4.31 Å². The summed E-state index contributed by atoms with van der Waals surface area (Å²) < 4.78 is 32.5. The smallest absolute Gasteiger partial charge is 0.246 e. The van der Waals surface area contributed by atoms with Crippen molar-refractivity contribution in [3.05, 3.63) is 65.7 Å². The summed E-state index contributed by atoms with van der Waals surface area (Å²) in [4.78, 5) is 13.1. The molecule has 0 aromatic heterocycles. The highest BCUT2D eigenvalue weighted by molar-refractivity contribution is 7.89. The molecule has 172 valence electrons. The molecule has 1 aliphatic carbocycles. The molecule has 1 fully saturated rings. The van der Waals surface area contributed by atoms with Gasteiger partial charge in [0.15, 0.2) is 0 Å². The molecule has 8 heteroatoms. The number of ether oxygens (including phenoxy) is 1. The second-order valence-electron chi connectivity index (χ2n) is 8.51. The highest BCUT2D eigenvalue weighted by Crippen LogP contribution is 2.35. The molecule has 0 bridgehead atoms. The van der Waals surface area contributed by atoms with E-state index >= 15 is 0 Å². The Bertz CT molecular complexity index is 1310. The lowest BCUT2D eigenvalue weighted by Gasteiger charge is -2.26. The van der Waals surface area contributed by atoms with Crippen molar-refractivity contribution in [1.29, 1.82) is 0 Å². The summed E-state index contributed by atoms with van der Waals surface area (Å²) in [5.74, 6) is -0.237. The Hall–Kier alpha value is -2.94. The number of amides is 1. The first kappa shape index (κ1) is 21.9. The molecule has 7 nitrogen and oxygen atoms in total. The number of hydrogen-bond acceptors (Lipinski definition) is 5. The van der Waals surface area contributed by atoms with Gasteiger partial charge in [-0.3, -0.25) is 4.79 Å². The van der Waals surface area contributed by atoms with E-state index in [0.717, 1.165) is 23.9 Å². The van der Waals surface area contributed by atoms with Crippen molar-refractivity contribution in [3.63, 3.8) is 0 Å². The number of rotatable bonds is 6. The van der Waals surface area contributed by atoms with E-state index in [-0.39, 0.29) is 10.8 Å². The third-order valence-electron chi connectivity index (χ3n) is 6.35. The number of sulfonamides is 1. The molecule has 1 aliphatic heterocycles. The molecule has 2 aliphatic rings. The van der Waals surface area contributed by atoms with Gasteiger partial charge in [-0.25, -0.2) is 8.42 Å². The average molecular weight is 466 g/mol. The molecule has 33 heavy (non-hydrogen) atoms. The molecule has 0 spiro atoms. The summed E-state index contributed by atoms with van der Waals surface area (Å²) in [5, 5.41) is 8.60. The Morgan fingerprint density at radius 3 is 2.52 bits per heavy atom. The highest BCUT2D eigenvalue weighted by atomic mass is 32.2. The van der Waals surface area contributed by atoms with E-state index in [1.54, 1.807) is 25.1 Å². The number of hydrogen-bond donors (Lipinski definition) is 2. The first-order valence-corrected chi connectivity index (χ1v) is 12.7. The normalized spacial score (nSPS) is 17.1. The minimum atomic E-state index is -3.63. The minimum absolute atomic E-state index is 0.162. The fourth-order valence-corrected chi connectivity index (χ4v) is 6.05. The molecule has 1 atom stereocenters. The summed E-state index contributed by atoms with van der Waals surface area (Å²) in [6.45, 7) is 3.22. The lowest BCUT2D eigenvalue weighted by molar-refractivity contribution is -0.116. The average Bonchev–Trinajstić information content (AvgIpc) is 3.26. The minimum Gasteiger partial charge on any atom is -0.379 e. The van der Waals surface area contributed by atoms with Crippen molar-refractivity contribution in [3.8, 4) is 0 Å². The number of morpholine rings is 1. The van der Waals surface area contributed by atoms with Crippen molar-refractivity contribution in [2.75, 3.05) is 36.9 Å². The van der Waals surface area contributed by atoms with Crippen LogP contribution in [0.5, 0.6) is 0 Å². The second kappa shape index (κ2) is 8.78. The third kappa shape index (κ3) is 4.21. The molecular weight excluding hydrogens is 438 g/mol. The molecule has 0 radical (unpaired) electrons. The molecule has 1 saturated heterocycles. The van der Waals surface area contributed by atoms with Crippen LogP contribution in [0.1, 0.15) is 18.1 Å². The first-order valence-electron chi connectivity index (χ1n) is 11.2. The summed E-state index contributed by atoms with van der Waals surface area (Å²) in [6, 6.07) is 16.4. The predicted octanol–water partition coefficient (Wildman–Crippen LogP) is 3.40. The van der Waals surface area contributed by atoms with Gasteiger partial charge in [0.2, 0.25) is 15.9 Å². The zero-order valence-electron chi connectivity index (χ0n) is 18.5. The van der Waals surface area contributed by atoms with Crippen molar-refractivity contribution in [2.45, 2.75) is 30.7 Å². The lowest BCUT2D eigenvalue weighted by atomic mass is 10.0. The Kier molecular flexibility index (Phi) is 5.82. The van der Waals surface area contributed by atoms with Crippen LogP contribution in [0.15, 0.2) is 59.5 Å². The zero-order chi connectivity index (χ0) is 23.0. The molecule has 5 rings (SSSR count). The van der Waals surface area contributed by atoms with E-state index in [4.69, 9.17) is 4.74 Å². The van der Waals surface area contributed by atoms with Crippen LogP contribution in [-0.2, 0) is 32.4 Å². The third-order valence-corrected chi connectivity index (χ3v) is 8.25. The van der Waals surface area contributed by atoms with Gasteiger partial charge in [-0.15, -0.1) is 0 Å². The van der Waals surface area contributed by atoms with E-state index in [1.165, 1.54) is 26.9 Å². The van der Waals surface area contributed by atoms with E-state index in [1.807, 2.05) is 6.07 Å². The fraction of sp³-hybridized carbons (Fsp3) is 0.320. The molecule has 1 heterocycles. The maximum Gasteiger partial charge on any atom is 0.246 e. The largest absolute Gasteiger partial charge is 0.379 e. The highest BCUT2D eigenvalue weighted by Gasteiger charge is 2.27. The molecule has 1 unspecified atom stereocenters.